The van der Waals surface area contributed by atoms with Crippen LogP contribution in [-0.4, -0.2) is 19.1 Å². The summed E-state index contributed by atoms with van der Waals surface area (Å²) in [6.45, 7) is 2.02. The van der Waals surface area contributed by atoms with Crippen molar-refractivity contribution in [1.82, 2.24) is 4.98 Å². The second kappa shape index (κ2) is 7.97. The molecule has 2 N–H and O–H groups in total. The Bertz CT molecular complexity index is 246. The fraction of sp³-hybridized carbons (Fsp3) is 0.375. The van der Waals surface area contributed by atoms with Gasteiger partial charge in [0.15, 0.2) is 0 Å². The number of nitrogens with two attached hydrogens (primary N) is 1. The molecule has 0 saturated carbocycles. The highest BCUT2D eigenvalue weighted by atomic mass is 35.5. The Morgan fingerprint density at radius 2 is 1.71 bits per heavy atom. The van der Waals surface area contributed by atoms with Gasteiger partial charge >= 0.3 is 0 Å². The Balaban J connectivity index is -0.000000403. The number of hydrogen-bond acceptors (Lipinski definition) is 3. The summed E-state index contributed by atoms with van der Waals surface area (Å²) < 4.78 is 0. The maximum Gasteiger partial charge on any atom is 0.147 e. The summed E-state index contributed by atoms with van der Waals surface area (Å²) in [5.41, 5.74) is 7.83. The summed E-state index contributed by atoms with van der Waals surface area (Å²) in [6, 6.07) is 1.95. The maximum absolute atomic E-state index is 5.67. The quantitative estimate of drug-likeness (QED) is 0.842. The molecule has 3 nitrogen and oxygen atoms in total. The lowest BCUT2D eigenvalue weighted by atomic mass is 10.2. The molecule has 0 spiro atoms. The van der Waals surface area contributed by atoms with Crippen LogP contribution in [0.15, 0.2) is 12.3 Å². The fourth-order valence-corrected chi connectivity index (χ4v) is 1.15. The van der Waals surface area contributed by atoms with Crippen LogP contribution in [0.25, 0.3) is 0 Å². The molecule has 1 heterocycles. The van der Waals surface area contributed by atoms with E-state index in [4.69, 9.17) is 5.73 Å². The van der Waals surface area contributed by atoms with Crippen LogP contribution >= 0.6 is 37.2 Å². The predicted molar refractivity (Wildman–Crippen MR) is 69.5 cm³/mol. The predicted octanol–water partition coefficient (Wildman–Crippen LogP) is 2.30. The lowest BCUT2D eigenvalue weighted by Crippen LogP contribution is -2.13. The Morgan fingerprint density at radius 1 is 1.21 bits per heavy atom. The molecule has 0 atom stereocenters. The van der Waals surface area contributed by atoms with Crippen molar-refractivity contribution in [2.24, 2.45) is 0 Å². The van der Waals surface area contributed by atoms with E-state index in [-0.39, 0.29) is 37.2 Å². The standard InChI is InChI=1S/C8H13N3.3ClH/c1-6-4-5-10-8(9)7(6)11(2)3;;;/h4-5H,1-3H3,(H2,9,10);3*1H. The molecular formula is C8H16Cl3N3. The normalized spacial score (nSPS) is 7.64. The third-order valence-corrected chi connectivity index (χ3v) is 1.60. The topological polar surface area (TPSA) is 42.1 Å². The van der Waals surface area contributed by atoms with Crippen molar-refractivity contribution in [3.8, 4) is 0 Å². The SMILES string of the molecule is Cc1ccnc(N)c1N(C)C.Cl.Cl.Cl. The summed E-state index contributed by atoms with van der Waals surface area (Å²) in [5.74, 6) is 0.593. The second-order valence-corrected chi connectivity index (χ2v) is 2.76. The maximum atomic E-state index is 5.67. The van der Waals surface area contributed by atoms with Gasteiger partial charge in [0, 0.05) is 20.3 Å². The van der Waals surface area contributed by atoms with Gasteiger partial charge in [-0.25, -0.2) is 4.98 Å². The van der Waals surface area contributed by atoms with Gasteiger partial charge in [-0.05, 0) is 18.6 Å². The minimum Gasteiger partial charge on any atom is -0.382 e. The molecule has 84 valence electrons. The monoisotopic (exact) mass is 259 g/mol. The van der Waals surface area contributed by atoms with Crippen LogP contribution in [0.1, 0.15) is 5.56 Å². The van der Waals surface area contributed by atoms with Gasteiger partial charge in [0.2, 0.25) is 0 Å². The van der Waals surface area contributed by atoms with Crippen LogP contribution < -0.4 is 10.6 Å². The molecule has 0 unspecified atom stereocenters. The Morgan fingerprint density at radius 3 is 2.00 bits per heavy atom. The zero-order chi connectivity index (χ0) is 8.43. The van der Waals surface area contributed by atoms with E-state index in [0.29, 0.717) is 5.82 Å². The fourth-order valence-electron chi connectivity index (χ4n) is 1.15. The van der Waals surface area contributed by atoms with Crippen LogP contribution in [0.4, 0.5) is 11.5 Å². The van der Waals surface area contributed by atoms with E-state index in [0.717, 1.165) is 11.3 Å². The molecule has 1 aromatic rings. The van der Waals surface area contributed by atoms with E-state index < -0.39 is 0 Å². The summed E-state index contributed by atoms with van der Waals surface area (Å²) in [4.78, 5) is 5.97. The molecule has 0 bridgehead atoms. The van der Waals surface area contributed by atoms with E-state index in [1.807, 2.05) is 32.0 Å². The number of halogens is 3. The summed E-state index contributed by atoms with van der Waals surface area (Å²) in [6.07, 6.45) is 1.72. The van der Waals surface area contributed by atoms with Gasteiger partial charge < -0.3 is 10.6 Å². The van der Waals surface area contributed by atoms with Crippen molar-refractivity contribution in [2.75, 3.05) is 24.7 Å². The molecule has 14 heavy (non-hydrogen) atoms. The van der Waals surface area contributed by atoms with Crippen molar-refractivity contribution >= 4 is 48.7 Å². The minimum atomic E-state index is 0. The Hall–Kier alpha value is -0.380. The van der Waals surface area contributed by atoms with E-state index in [1.165, 1.54) is 0 Å². The number of nitrogen functional groups attached to an aromatic ring is 1. The molecule has 0 aliphatic heterocycles. The smallest absolute Gasteiger partial charge is 0.147 e. The van der Waals surface area contributed by atoms with Crippen LogP contribution in [-0.2, 0) is 0 Å². The lowest BCUT2D eigenvalue weighted by Gasteiger charge is -2.16. The van der Waals surface area contributed by atoms with Crippen molar-refractivity contribution in [3.63, 3.8) is 0 Å². The average Bonchev–Trinajstić information content (AvgIpc) is 1.85. The number of anilines is 2. The van der Waals surface area contributed by atoms with Gasteiger partial charge in [0.05, 0.1) is 5.69 Å². The summed E-state index contributed by atoms with van der Waals surface area (Å²) in [5, 5.41) is 0. The lowest BCUT2D eigenvalue weighted by molar-refractivity contribution is 1.10. The number of nitrogens with zero attached hydrogens (tertiary/aromatic N) is 2. The van der Waals surface area contributed by atoms with Crippen molar-refractivity contribution < 1.29 is 0 Å². The number of aryl methyl sites for hydroxylation is 1. The van der Waals surface area contributed by atoms with Crippen molar-refractivity contribution in [3.05, 3.63) is 17.8 Å². The zero-order valence-corrected chi connectivity index (χ0v) is 10.8. The molecule has 6 heteroatoms. The number of aromatic nitrogens is 1. The van der Waals surface area contributed by atoms with Crippen LogP contribution in [0.2, 0.25) is 0 Å². The average molecular weight is 261 g/mol. The van der Waals surface area contributed by atoms with Crippen LogP contribution in [0.5, 0.6) is 0 Å². The van der Waals surface area contributed by atoms with E-state index in [1.54, 1.807) is 6.20 Å². The van der Waals surface area contributed by atoms with Gasteiger partial charge in [-0.1, -0.05) is 0 Å². The summed E-state index contributed by atoms with van der Waals surface area (Å²) in [7, 11) is 3.92. The zero-order valence-electron chi connectivity index (χ0n) is 8.35. The second-order valence-electron chi connectivity index (χ2n) is 2.76. The van der Waals surface area contributed by atoms with E-state index in [9.17, 15) is 0 Å². The van der Waals surface area contributed by atoms with Gasteiger partial charge in [-0.2, -0.15) is 0 Å². The van der Waals surface area contributed by atoms with Crippen LogP contribution in [0.3, 0.4) is 0 Å². The first-order valence-corrected chi connectivity index (χ1v) is 3.51. The molecule has 0 saturated heterocycles. The van der Waals surface area contributed by atoms with Gasteiger partial charge in [0.25, 0.3) is 0 Å². The first-order chi connectivity index (χ1) is 5.13. The molecule has 1 rings (SSSR count). The molecule has 0 radical (unpaired) electrons. The molecule has 0 aliphatic carbocycles. The molecule has 0 aliphatic rings. The third kappa shape index (κ3) is 4.22. The van der Waals surface area contributed by atoms with Gasteiger partial charge in [-0.15, -0.1) is 37.2 Å². The van der Waals surface area contributed by atoms with Crippen molar-refractivity contribution in [2.45, 2.75) is 6.92 Å². The molecule has 0 aromatic carbocycles. The molecule has 0 fully saturated rings. The Labute approximate surface area is 103 Å². The van der Waals surface area contributed by atoms with E-state index in [2.05, 4.69) is 4.98 Å². The van der Waals surface area contributed by atoms with Gasteiger partial charge in [-0.3, -0.25) is 0 Å². The molecular weight excluding hydrogens is 244 g/mol. The molecule has 0 amide bonds. The first kappa shape index (κ1) is 19.2. The number of rotatable bonds is 1. The minimum absolute atomic E-state index is 0. The molecule has 1 aromatic heterocycles. The van der Waals surface area contributed by atoms with E-state index >= 15 is 0 Å². The largest absolute Gasteiger partial charge is 0.382 e. The van der Waals surface area contributed by atoms with Crippen molar-refractivity contribution in [1.29, 1.82) is 0 Å². The third-order valence-electron chi connectivity index (χ3n) is 1.60. The Kier molecular flexibility index (Phi) is 11.0. The highest BCUT2D eigenvalue weighted by Crippen LogP contribution is 2.22. The number of hydrogen-bond donors (Lipinski definition) is 1. The highest BCUT2D eigenvalue weighted by Gasteiger charge is 2.04. The number of pyridine rings is 1. The van der Waals surface area contributed by atoms with Gasteiger partial charge in [0.1, 0.15) is 5.82 Å². The first-order valence-electron chi connectivity index (χ1n) is 3.51. The summed E-state index contributed by atoms with van der Waals surface area (Å²) >= 11 is 0. The highest BCUT2D eigenvalue weighted by molar-refractivity contribution is 5.86. The van der Waals surface area contributed by atoms with Crippen LogP contribution in [0, 0.1) is 6.92 Å².